The van der Waals surface area contributed by atoms with Gasteiger partial charge in [-0.1, -0.05) is 84.6 Å². The second-order valence-electron chi connectivity index (χ2n) is 14.3. The molecule has 0 fully saturated rings. The lowest BCUT2D eigenvalue weighted by molar-refractivity contribution is 0.717. The summed E-state index contributed by atoms with van der Waals surface area (Å²) in [6.45, 7) is 15.5. The number of para-hydroxylation sites is 2. The Balaban J connectivity index is 1.19. The van der Waals surface area contributed by atoms with Gasteiger partial charge in [0.2, 0.25) is 0 Å². The molecule has 5 heterocycles. The van der Waals surface area contributed by atoms with Gasteiger partial charge in [-0.25, -0.2) is 9.69 Å². The second-order valence-corrected chi connectivity index (χ2v) is 15.4. The number of nitrogens with zero attached hydrogens (tertiary/aromatic N) is 6. The van der Waals surface area contributed by atoms with Crippen LogP contribution in [0, 0.1) is 13.1 Å². The third-order valence-electron chi connectivity index (χ3n) is 11.7. The number of pyridine rings is 2. The lowest BCUT2D eigenvalue weighted by Crippen LogP contribution is -2.32. The van der Waals surface area contributed by atoms with Crippen molar-refractivity contribution in [1.29, 1.82) is 0 Å². The minimum atomic E-state index is -0.721. The Morgan fingerprint density at radius 3 is 1.75 bits per heavy atom. The van der Waals surface area contributed by atoms with Crippen LogP contribution in [0.3, 0.4) is 0 Å². The first-order valence-corrected chi connectivity index (χ1v) is 19.2. The van der Waals surface area contributed by atoms with Crippen LogP contribution in [0.2, 0.25) is 0 Å². The molecule has 1 aliphatic heterocycles. The van der Waals surface area contributed by atoms with Crippen LogP contribution in [0.5, 0.6) is 0 Å². The fourth-order valence-electron chi connectivity index (χ4n) is 9.46. The van der Waals surface area contributed by atoms with Gasteiger partial charge in [-0.15, -0.1) is 0 Å². The molecule has 0 saturated carbocycles. The fourth-order valence-corrected chi connectivity index (χ4v) is 10.6. The van der Waals surface area contributed by atoms with Gasteiger partial charge in [0.15, 0.2) is 11.4 Å². The monoisotopic (exact) mass is 730 g/mol. The van der Waals surface area contributed by atoms with E-state index >= 15 is 0 Å². The molecular formula is C49H26N6S. The molecule has 12 rings (SSSR count). The van der Waals surface area contributed by atoms with Gasteiger partial charge in [-0.2, -0.15) is 0 Å². The van der Waals surface area contributed by atoms with Crippen molar-refractivity contribution in [1.82, 2.24) is 19.1 Å². The topological polar surface area (TPSA) is 44.4 Å². The maximum Gasteiger partial charge on any atom is 0.188 e. The van der Waals surface area contributed by atoms with E-state index in [9.17, 15) is 0 Å². The van der Waals surface area contributed by atoms with Crippen LogP contribution >= 0.6 is 11.8 Å². The Hall–Kier alpha value is -7.45. The van der Waals surface area contributed by atoms with E-state index in [1.54, 1.807) is 0 Å². The Morgan fingerprint density at radius 1 is 0.464 bits per heavy atom. The van der Waals surface area contributed by atoms with Crippen LogP contribution in [-0.2, 0) is 5.41 Å². The van der Waals surface area contributed by atoms with Gasteiger partial charge >= 0.3 is 0 Å². The number of aromatic nitrogens is 4. The van der Waals surface area contributed by atoms with Crippen LogP contribution in [0.1, 0.15) is 22.3 Å². The molecule has 0 saturated heterocycles. The Labute approximate surface area is 325 Å². The molecule has 1 atom stereocenters. The van der Waals surface area contributed by atoms with Crippen LogP contribution in [0.15, 0.2) is 168 Å². The first-order valence-electron chi connectivity index (χ1n) is 18.4. The van der Waals surface area contributed by atoms with E-state index in [1.807, 2.05) is 66.6 Å². The Bertz CT molecular complexity index is 3330. The predicted octanol–water partition coefficient (Wildman–Crippen LogP) is 12.6. The lowest BCUT2D eigenvalue weighted by Gasteiger charge is -2.39. The fraction of sp³-hybridized carbons (Fsp3) is 0.0204. The van der Waals surface area contributed by atoms with Gasteiger partial charge in [0, 0.05) is 38.0 Å². The highest BCUT2D eigenvalue weighted by atomic mass is 32.2. The molecule has 6 nitrogen and oxygen atoms in total. The molecule has 6 aromatic carbocycles. The molecule has 10 aromatic rings. The lowest BCUT2D eigenvalue weighted by atomic mass is 9.67. The molecule has 0 radical (unpaired) electrons. The van der Waals surface area contributed by atoms with Crippen molar-refractivity contribution in [2.45, 2.75) is 15.2 Å². The van der Waals surface area contributed by atoms with Crippen LogP contribution in [-0.4, -0.2) is 19.1 Å². The SMILES string of the molecule is [C-]#[N+]c1ccc2c(c1)c1cc([N+]#[C-])ccc1n2-c1cnc2c(c1)C1(c3ccccc3Sc3ccc(-n4c5ccccc5c5ccccc54)cc31)c1cccnc1-2. The van der Waals surface area contributed by atoms with Gasteiger partial charge in [-0.3, -0.25) is 9.97 Å². The van der Waals surface area contributed by atoms with Crippen LogP contribution in [0.4, 0.5) is 11.4 Å². The first kappa shape index (κ1) is 31.0. The summed E-state index contributed by atoms with van der Waals surface area (Å²) in [6.07, 6.45) is 3.81. The highest BCUT2D eigenvalue weighted by Crippen LogP contribution is 2.62. The maximum absolute atomic E-state index is 7.74. The van der Waals surface area contributed by atoms with Crippen molar-refractivity contribution in [2.75, 3.05) is 0 Å². The zero-order valence-electron chi connectivity index (χ0n) is 29.6. The number of hydrogen-bond acceptors (Lipinski definition) is 3. The maximum atomic E-state index is 7.74. The summed E-state index contributed by atoms with van der Waals surface area (Å²) in [6, 6.07) is 51.2. The molecule has 2 aliphatic rings. The van der Waals surface area contributed by atoms with Gasteiger partial charge < -0.3 is 9.13 Å². The summed E-state index contributed by atoms with van der Waals surface area (Å²) >= 11 is 1.81. The molecule has 56 heavy (non-hydrogen) atoms. The van der Waals surface area contributed by atoms with Crippen molar-refractivity contribution >= 4 is 66.7 Å². The molecule has 7 heteroatoms. The summed E-state index contributed by atoms with van der Waals surface area (Å²) in [5.41, 5.74) is 13.0. The molecule has 1 spiro atoms. The molecule has 1 unspecified atom stereocenters. The molecule has 0 N–H and O–H groups in total. The van der Waals surface area contributed by atoms with Crippen LogP contribution in [0.25, 0.3) is 76.1 Å². The summed E-state index contributed by atoms with van der Waals surface area (Å²) in [4.78, 5) is 20.2. The minimum absolute atomic E-state index is 0.560. The van der Waals surface area contributed by atoms with Crippen molar-refractivity contribution in [3.05, 3.63) is 203 Å². The number of benzene rings is 6. The van der Waals surface area contributed by atoms with E-state index in [0.717, 1.165) is 55.7 Å². The smallest absolute Gasteiger partial charge is 0.188 e. The second kappa shape index (κ2) is 11.3. The summed E-state index contributed by atoms with van der Waals surface area (Å²) in [5.74, 6) is 0. The summed E-state index contributed by atoms with van der Waals surface area (Å²) in [7, 11) is 0. The number of rotatable bonds is 2. The zero-order valence-corrected chi connectivity index (χ0v) is 30.4. The van der Waals surface area contributed by atoms with Crippen molar-refractivity contribution in [3.8, 4) is 22.8 Å². The van der Waals surface area contributed by atoms with E-state index < -0.39 is 5.41 Å². The Morgan fingerprint density at radius 2 is 1.04 bits per heavy atom. The van der Waals surface area contributed by atoms with Crippen LogP contribution < -0.4 is 0 Å². The molecule has 4 aromatic heterocycles. The van der Waals surface area contributed by atoms with E-state index in [-0.39, 0.29) is 0 Å². The van der Waals surface area contributed by atoms with Gasteiger partial charge in [0.25, 0.3) is 0 Å². The standard InChI is InChI=1S/C49H26N6S/c1-50-29-17-20-43-35(24-29)36-25-30(51-2)18-21-44(36)55(43)32-27-40-48(53-28-32)47-38(13-9-23-52-47)49(40)37-12-5-8-16-45(37)56-46-22-19-31(26-39(46)49)54-41-14-6-3-10-33(41)34-11-4-7-15-42(34)54/h3-28H. The highest BCUT2D eigenvalue weighted by molar-refractivity contribution is 7.99. The van der Waals surface area contributed by atoms with Crippen molar-refractivity contribution < 1.29 is 0 Å². The quantitative estimate of drug-likeness (QED) is 0.166. The largest absolute Gasteiger partial charge is 0.309 e. The van der Waals surface area contributed by atoms with E-state index in [0.29, 0.717) is 11.4 Å². The van der Waals surface area contributed by atoms with Crippen molar-refractivity contribution in [3.63, 3.8) is 0 Å². The Kier molecular flexibility index (Phi) is 6.24. The summed E-state index contributed by atoms with van der Waals surface area (Å²) in [5, 5.41) is 4.31. The zero-order chi connectivity index (χ0) is 37.1. The summed E-state index contributed by atoms with van der Waals surface area (Å²) < 4.78 is 4.62. The molecule has 1 aliphatic carbocycles. The van der Waals surface area contributed by atoms with E-state index in [1.165, 1.54) is 42.7 Å². The number of fused-ring (bicyclic) bond motifs is 15. The average molecular weight is 731 g/mol. The number of hydrogen-bond donors (Lipinski definition) is 0. The molecular weight excluding hydrogens is 705 g/mol. The molecule has 0 bridgehead atoms. The van der Waals surface area contributed by atoms with Crippen molar-refractivity contribution in [2.24, 2.45) is 0 Å². The third kappa shape index (κ3) is 3.94. The van der Waals surface area contributed by atoms with Gasteiger partial charge in [-0.05, 0) is 100 Å². The first-order chi connectivity index (χ1) is 27.7. The third-order valence-corrected chi connectivity index (χ3v) is 12.8. The normalized spacial score (nSPS) is 15.1. The van der Waals surface area contributed by atoms with E-state index in [4.69, 9.17) is 23.1 Å². The minimum Gasteiger partial charge on any atom is -0.309 e. The average Bonchev–Trinajstić information content (AvgIpc) is 3.87. The van der Waals surface area contributed by atoms with E-state index in [2.05, 4.69) is 122 Å². The van der Waals surface area contributed by atoms with Gasteiger partial charge in [0.1, 0.15) is 0 Å². The van der Waals surface area contributed by atoms with Gasteiger partial charge in [0.05, 0.1) is 63.9 Å². The predicted molar refractivity (Wildman–Crippen MR) is 225 cm³/mol. The highest BCUT2D eigenvalue weighted by Gasteiger charge is 2.52. The molecule has 258 valence electrons. The molecule has 0 amide bonds.